The first-order valence-electron chi connectivity index (χ1n) is 11.0. The predicted octanol–water partition coefficient (Wildman–Crippen LogP) is 2.82. The summed E-state index contributed by atoms with van der Waals surface area (Å²) in [6, 6.07) is 7.32. The Balaban J connectivity index is 1.48. The van der Waals surface area contributed by atoms with Crippen molar-refractivity contribution in [3.05, 3.63) is 71.1 Å². The van der Waals surface area contributed by atoms with E-state index < -0.39 is 0 Å². The largest absolute Gasteiger partial charge is 0.497 e. The summed E-state index contributed by atoms with van der Waals surface area (Å²) in [5, 5.41) is 7.02. The van der Waals surface area contributed by atoms with E-state index in [1.807, 2.05) is 29.2 Å². The molecule has 2 aromatic heterocycles. The molecule has 1 unspecified atom stereocenters. The highest BCUT2D eigenvalue weighted by Gasteiger charge is 2.31. The third kappa shape index (κ3) is 5.02. The Labute approximate surface area is 192 Å². The summed E-state index contributed by atoms with van der Waals surface area (Å²) >= 11 is 0. The standard InChI is InChI=1S/C24H28N6O3/c1-16-20(23(31)26-12-17-7-6-8-19(11-17)33-3)14-25-22(28-16)21-9-4-5-10-30(21)24(32)18-13-27-29(2)15-18/h6-8,11,13-15,21H,4-5,9-10,12H2,1-3H3,(H,26,31). The van der Waals surface area contributed by atoms with Crippen LogP contribution in [0.1, 0.15) is 63.1 Å². The number of hydrogen-bond acceptors (Lipinski definition) is 6. The molecule has 1 aliphatic heterocycles. The molecule has 1 atom stereocenters. The predicted molar refractivity (Wildman–Crippen MR) is 122 cm³/mol. The molecule has 172 valence electrons. The van der Waals surface area contributed by atoms with Crippen molar-refractivity contribution in [1.82, 2.24) is 30.0 Å². The zero-order chi connectivity index (χ0) is 23.4. The number of nitrogens with zero attached hydrogens (tertiary/aromatic N) is 5. The maximum atomic E-state index is 13.1. The second kappa shape index (κ2) is 9.81. The first-order valence-corrected chi connectivity index (χ1v) is 11.0. The minimum atomic E-state index is -0.242. The molecule has 1 aromatic carbocycles. The van der Waals surface area contributed by atoms with E-state index in [0.29, 0.717) is 35.7 Å². The first-order chi connectivity index (χ1) is 16.0. The number of likely N-dealkylation sites (tertiary alicyclic amines) is 1. The molecule has 0 aliphatic carbocycles. The van der Waals surface area contributed by atoms with Gasteiger partial charge >= 0.3 is 0 Å². The van der Waals surface area contributed by atoms with Gasteiger partial charge in [-0.15, -0.1) is 0 Å². The molecule has 1 N–H and O–H groups in total. The van der Waals surface area contributed by atoms with Crippen molar-refractivity contribution >= 4 is 11.8 Å². The lowest BCUT2D eigenvalue weighted by Crippen LogP contribution is -2.39. The number of carbonyl (C=O) groups is 2. The van der Waals surface area contributed by atoms with Gasteiger partial charge in [-0.3, -0.25) is 14.3 Å². The normalized spacial score (nSPS) is 15.8. The highest BCUT2D eigenvalue weighted by molar-refractivity contribution is 5.95. The topological polar surface area (TPSA) is 102 Å². The molecule has 0 radical (unpaired) electrons. The lowest BCUT2D eigenvalue weighted by Gasteiger charge is -2.34. The summed E-state index contributed by atoms with van der Waals surface area (Å²) in [7, 11) is 3.40. The number of methoxy groups -OCH3 is 1. The minimum absolute atomic E-state index is 0.0749. The van der Waals surface area contributed by atoms with Crippen molar-refractivity contribution in [3.63, 3.8) is 0 Å². The van der Waals surface area contributed by atoms with Crippen LogP contribution in [0.5, 0.6) is 5.75 Å². The Morgan fingerprint density at radius 3 is 2.82 bits per heavy atom. The van der Waals surface area contributed by atoms with E-state index >= 15 is 0 Å². The highest BCUT2D eigenvalue weighted by atomic mass is 16.5. The van der Waals surface area contributed by atoms with Crippen LogP contribution in [0.3, 0.4) is 0 Å². The number of carbonyl (C=O) groups excluding carboxylic acids is 2. The van der Waals surface area contributed by atoms with Gasteiger partial charge in [0.15, 0.2) is 5.82 Å². The molecule has 33 heavy (non-hydrogen) atoms. The van der Waals surface area contributed by atoms with E-state index in [9.17, 15) is 9.59 Å². The third-order valence-corrected chi connectivity index (χ3v) is 5.84. The summed E-state index contributed by atoms with van der Waals surface area (Å²) in [5.41, 5.74) is 2.49. The summed E-state index contributed by atoms with van der Waals surface area (Å²) in [6.45, 7) is 2.80. The van der Waals surface area contributed by atoms with Crippen molar-refractivity contribution in [2.24, 2.45) is 7.05 Å². The Morgan fingerprint density at radius 2 is 2.09 bits per heavy atom. The van der Waals surface area contributed by atoms with Crippen LogP contribution in [0, 0.1) is 6.92 Å². The molecule has 0 saturated carbocycles. The van der Waals surface area contributed by atoms with E-state index in [0.717, 1.165) is 30.6 Å². The fourth-order valence-corrected chi connectivity index (χ4v) is 4.07. The fourth-order valence-electron chi connectivity index (χ4n) is 4.07. The van der Waals surface area contributed by atoms with E-state index in [4.69, 9.17) is 4.74 Å². The van der Waals surface area contributed by atoms with Crippen molar-refractivity contribution in [2.45, 2.75) is 38.8 Å². The fraction of sp³-hybridized carbons (Fsp3) is 0.375. The maximum absolute atomic E-state index is 13.1. The zero-order valence-electron chi connectivity index (χ0n) is 19.1. The van der Waals surface area contributed by atoms with Crippen molar-refractivity contribution < 1.29 is 14.3 Å². The molecule has 9 heteroatoms. The Kier molecular flexibility index (Phi) is 6.67. The van der Waals surface area contributed by atoms with Gasteiger partial charge in [-0.1, -0.05) is 12.1 Å². The SMILES string of the molecule is COc1cccc(CNC(=O)c2cnc(C3CCCCN3C(=O)c3cnn(C)c3)nc2C)c1. The molecule has 1 fully saturated rings. The molecular weight excluding hydrogens is 420 g/mol. The van der Waals surface area contributed by atoms with Crippen LogP contribution in [0.25, 0.3) is 0 Å². The van der Waals surface area contributed by atoms with Crippen LogP contribution in [-0.2, 0) is 13.6 Å². The summed E-state index contributed by atoms with van der Waals surface area (Å²) in [6.07, 6.45) is 7.57. The molecule has 4 rings (SSSR count). The Morgan fingerprint density at radius 1 is 1.24 bits per heavy atom. The Bertz CT molecular complexity index is 1160. The van der Waals surface area contributed by atoms with Crippen LogP contribution in [0.15, 0.2) is 42.9 Å². The highest BCUT2D eigenvalue weighted by Crippen LogP contribution is 2.30. The molecule has 0 bridgehead atoms. The molecule has 1 saturated heterocycles. The quantitative estimate of drug-likeness (QED) is 0.622. The summed E-state index contributed by atoms with van der Waals surface area (Å²) in [5.74, 6) is 0.986. The lowest BCUT2D eigenvalue weighted by molar-refractivity contribution is 0.0599. The average molecular weight is 449 g/mol. The first kappa shape index (κ1) is 22.4. The van der Waals surface area contributed by atoms with Crippen LogP contribution in [0.4, 0.5) is 0 Å². The molecule has 3 heterocycles. The van der Waals surface area contributed by atoms with Crippen LogP contribution >= 0.6 is 0 Å². The zero-order valence-corrected chi connectivity index (χ0v) is 19.1. The van der Waals surface area contributed by atoms with Gasteiger partial charge < -0.3 is 15.0 Å². The van der Waals surface area contributed by atoms with Crippen LogP contribution in [-0.4, -0.2) is 50.1 Å². The summed E-state index contributed by atoms with van der Waals surface area (Å²) < 4.78 is 6.84. The van der Waals surface area contributed by atoms with Crippen LogP contribution in [0.2, 0.25) is 0 Å². The van der Waals surface area contributed by atoms with E-state index in [2.05, 4.69) is 20.4 Å². The number of rotatable bonds is 6. The number of aromatic nitrogens is 4. The van der Waals surface area contributed by atoms with Crippen molar-refractivity contribution in [3.8, 4) is 5.75 Å². The minimum Gasteiger partial charge on any atom is -0.497 e. The number of nitrogens with one attached hydrogen (secondary N) is 1. The molecule has 3 aromatic rings. The van der Waals surface area contributed by atoms with Crippen molar-refractivity contribution in [1.29, 1.82) is 0 Å². The average Bonchev–Trinajstić information content (AvgIpc) is 3.28. The number of aryl methyl sites for hydroxylation is 2. The van der Waals surface area contributed by atoms with Gasteiger partial charge in [0.2, 0.25) is 0 Å². The van der Waals surface area contributed by atoms with Gasteiger partial charge in [0.05, 0.1) is 36.2 Å². The molecule has 0 spiro atoms. The molecular formula is C24H28N6O3. The van der Waals surface area contributed by atoms with E-state index in [-0.39, 0.29) is 17.9 Å². The monoisotopic (exact) mass is 448 g/mol. The van der Waals surface area contributed by atoms with E-state index in [1.54, 1.807) is 44.4 Å². The third-order valence-electron chi connectivity index (χ3n) is 5.84. The van der Waals surface area contributed by atoms with Crippen LogP contribution < -0.4 is 10.1 Å². The smallest absolute Gasteiger partial charge is 0.257 e. The van der Waals surface area contributed by atoms with Gasteiger partial charge in [-0.2, -0.15) is 5.10 Å². The van der Waals surface area contributed by atoms with Crippen molar-refractivity contribution in [2.75, 3.05) is 13.7 Å². The number of hydrogen-bond donors (Lipinski definition) is 1. The lowest BCUT2D eigenvalue weighted by atomic mass is 10.00. The molecule has 1 aliphatic rings. The van der Waals surface area contributed by atoms with Gasteiger partial charge in [0.1, 0.15) is 5.75 Å². The second-order valence-electron chi connectivity index (χ2n) is 8.17. The second-order valence-corrected chi connectivity index (χ2v) is 8.17. The van der Waals surface area contributed by atoms with Gasteiger partial charge in [-0.05, 0) is 43.9 Å². The number of piperidine rings is 1. The molecule has 2 amide bonds. The Hall–Kier alpha value is -3.75. The number of benzene rings is 1. The maximum Gasteiger partial charge on any atom is 0.257 e. The number of amides is 2. The molecule has 9 nitrogen and oxygen atoms in total. The van der Waals surface area contributed by atoms with Gasteiger partial charge in [0.25, 0.3) is 11.8 Å². The van der Waals surface area contributed by atoms with E-state index in [1.165, 1.54) is 0 Å². The summed E-state index contributed by atoms with van der Waals surface area (Å²) in [4.78, 5) is 36.7. The number of ether oxygens (including phenoxy) is 1. The van der Waals surface area contributed by atoms with Gasteiger partial charge in [0, 0.05) is 32.5 Å². The van der Waals surface area contributed by atoms with Gasteiger partial charge in [-0.25, -0.2) is 9.97 Å².